The first kappa shape index (κ1) is 24.2. The molecule has 2 saturated carbocycles. The van der Waals surface area contributed by atoms with Crippen LogP contribution in [0.5, 0.6) is 0 Å². The lowest BCUT2D eigenvalue weighted by Gasteiger charge is -2.21. The van der Waals surface area contributed by atoms with Gasteiger partial charge < -0.3 is 26.0 Å². The van der Waals surface area contributed by atoms with Gasteiger partial charge in [0, 0.05) is 17.1 Å². The minimum Gasteiger partial charge on any atom is -0.390 e. The Kier molecular flexibility index (Phi) is 6.36. The van der Waals surface area contributed by atoms with Crippen molar-refractivity contribution in [3.63, 3.8) is 0 Å². The van der Waals surface area contributed by atoms with Crippen molar-refractivity contribution in [1.29, 1.82) is 0 Å². The van der Waals surface area contributed by atoms with E-state index in [1.165, 1.54) is 12.7 Å². The number of aliphatic hydroxyl groups is 1. The molecular formula is C20H29N7O7P+. The number of aromatic amines is 1. The van der Waals surface area contributed by atoms with Crippen LogP contribution in [0.3, 0.4) is 0 Å². The minimum atomic E-state index is -2.54. The van der Waals surface area contributed by atoms with Gasteiger partial charge in [-0.1, -0.05) is 6.92 Å². The number of aliphatic hydroxyl groups excluding tert-OH is 1. The van der Waals surface area contributed by atoms with Gasteiger partial charge in [-0.05, 0) is 24.7 Å². The summed E-state index contributed by atoms with van der Waals surface area (Å²) in [5, 5.41) is 10.7. The van der Waals surface area contributed by atoms with E-state index >= 15 is 0 Å². The molecule has 6 N–H and O–H groups in total. The molecule has 0 aromatic carbocycles. The number of ether oxygens (including phenoxy) is 2. The van der Waals surface area contributed by atoms with Crippen LogP contribution in [0.4, 0.5) is 5.95 Å². The van der Waals surface area contributed by atoms with Crippen molar-refractivity contribution >= 4 is 31.7 Å². The molecule has 9 atom stereocenters. The number of fused-ring (bicyclic) bond motifs is 2. The fourth-order valence-corrected chi connectivity index (χ4v) is 6.38. The van der Waals surface area contributed by atoms with Gasteiger partial charge in [-0.25, -0.2) is 4.98 Å². The molecule has 190 valence electrons. The number of H-pyrrole nitrogens is 1. The molecule has 35 heavy (non-hydrogen) atoms. The van der Waals surface area contributed by atoms with E-state index in [-0.39, 0.29) is 36.0 Å². The summed E-state index contributed by atoms with van der Waals surface area (Å²) in [6.45, 7) is 2.35. The summed E-state index contributed by atoms with van der Waals surface area (Å²) < 4.78 is 37.0. The lowest BCUT2D eigenvalue weighted by molar-refractivity contribution is -0.0365. The van der Waals surface area contributed by atoms with Crippen molar-refractivity contribution in [2.24, 2.45) is 28.0 Å². The number of hydrogen-bond donors (Lipinski definition) is 4. The number of nitrogens with zero attached hydrogens (tertiary/aromatic N) is 4. The molecule has 0 amide bonds. The number of nitrogens with one attached hydrogen (secondary N) is 1. The SMILES string of the molecule is COC[C@]12C[C@@H]1[C@@H](N=CN)[C@H](O)[C@@H]2O[P+](=O)OC[C@H]1O[C@@H](n2cnc3c(=O)[nH]c(N)nc32)C[C@@H]1C. The monoisotopic (exact) mass is 510 g/mol. The van der Waals surface area contributed by atoms with Crippen LogP contribution in [0.1, 0.15) is 26.0 Å². The van der Waals surface area contributed by atoms with Gasteiger partial charge in [-0.2, -0.15) is 4.98 Å². The number of hydrogen-bond acceptors (Lipinski definition) is 11. The smallest absolute Gasteiger partial charge is 0.390 e. The van der Waals surface area contributed by atoms with Crippen LogP contribution in [0.25, 0.3) is 11.2 Å². The van der Waals surface area contributed by atoms with Crippen molar-refractivity contribution in [2.75, 3.05) is 26.1 Å². The molecule has 3 aliphatic rings. The second-order valence-electron chi connectivity index (χ2n) is 9.42. The van der Waals surface area contributed by atoms with E-state index in [1.807, 2.05) is 6.92 Å². The molecule has 5 rings (SSSR count). The molecule has 0 bridgehead atoms. The summed E-state index contributed by atoms with van der Waals surface area (Å²) >= 11 is 0. The van der Waals surface area contributed by atoms with Crippen LogP contribution in [0, 0.1) is 17.3 Å². The Bertz CT molecular complexity index is 1200. The number of nitrogens with two attached hydrogens (primary N) is 2. The van der Waals surface area contributed by atoms with Crippen molar-refractivity contribution in [1.82, 2.24) is 19.5 Å². The molecule has 2 aliphatic carbocycles. The van der Waals surface area contributed by atoms with Crippen LogP contribution in [-0.2, 0) is 23.1 Å². The van der Waals surface area contributed by atoms with Gasteiger partial charge in [0.25, 0.3) is 5.56 Å². The summed E-state index contributed by atoms with van der Waals surface area (Å²) in [4.78, 5) is 26.9. The maximum atomic E-state index is 12.7. The molecule has 1 saturated heterocycles. The van der Waals surface area contributed by atoms with Crippen LogP contribution in [0.2, 0.25) is 0 Å². The van der Waals surface area contributed by atoms with Crippen molar-refractivity contribution in [3.05, 3.63) is 16.7 Å². The van der Waals surface area contributed by atoms with Gasteiger partial charge >= 0.3 is 8.25 Å². The quantitative estimate of drug-likeness (QED) is 0.202. The standard InChI is InChI=1S/C20H28N7O7P/c1-9-3-12(27-8-24-14-17(27)25-19(22)26-18(14)29)33-11(9)5-32-35(30)34-16-15(28)13(23-7-21)10-4-20(10,16)6-31-2/h7-13,15-16,28H,3-6H2,1-2H3,(H4-,21,22,23,25,26,29)/p+1/t9-,10+,11+,12+,13+,15-,16-,20+/m0/s1. The third kappa shape index (κ3) is 4.13. The highest BCUT2D eigenvalue weighted by Crippen LogP contribution is 2.66. The maximum absolute atomic E-state index is 12.7. The Balaban J connectivity index is 1.21. The summed E-state index contributed by atoms with van der Waals surface area (Å²) in [7, 11) is -0.971. The number of aromatic nitrogens is 4. The molecular weight excluding hydrogens is 481 g/mol. The minimum absolute atomic E-state index is 0.0121. The number of methoxy groups -OCH3 is 1. The maximum Gasteiger partial charge on any atom is 0.697 e. The van der Waals surface area contributed by atoms with Crippen molar-refractivity contribution in [3.8, 4) is 0 Å². The van der Waals surface area contributed by atoms with E-state index in [4.69, 9.17) is 30.0 Å². The summed E-state index contributed by atoms with van der Waals surface area (Å²) in [5.74, 6) is 0.0830. The summed E-state index contributed by atoms with van der Waals surface area (Å²) in [6.07, 6.45) is 1.45. The Hall–Kier alpha value is -2.48. The van der Waals surface area contributed by atoms with E-state index < -0.39 is 43.7 Å². The Morgan fingerprint density at radius 3 is 3.06 bits per heavy atom. The fourth-order valence-electron chi connectivity index (χ4n) is 5.53. The van der Waals surface area contributed by atoms with Crippen LogP contribution in [-0.4, -0.2) is 75.6 Å². The Morgan fingerprint density at radius 1 is 1.51 bits per heavy atom. The molecule has 1 aliphatic heterocycles. The van der Waals surface area contributed by atoms with E-state index in [0.29, 0.717) is 18.7 Å². The van der Waals surface area contributed by atoms with Gasteiger partial charge in [0.1, 0.15) is 18.9 Å². The van der Waals surface area contributed by atoms with Gasteiger partial charge in [-0.3, -0.25) is 19.3 Å². The second kappa shape index (κ2) is 9.19. The first-order valence-electron chi connectivity index (χ1n) is 11.3. The molecule has 3 fully saturated rings. The highest BCUT2D eigenvalue weighted by Gasteiger charge is 2.74. The molecule has 2 aromatic heterocycles. The number of anilines is 1. The number of rotatable bonds is 9. The normalized spacial score (nSPS) is 36.8. The highest BCUT2D eigenvalue weighted by molar-refractivity contribution is 7.33. The van der Waals surface area contributed by atoms with Crippen LogP contribution < -0.4 is 17.0 Å². The molecule has 2 aromatic rings. The lowest BCUT2D eigenvalue weighted by atomic mass is 10.0. The lowest BCUT2D eigenvalue weighted by Crippen LogP contribution is -2.38. The Morgan fingerprint density at radius 2 is 2.31 bits per heavy atom. The molecule has 0 spiro atoms. The summed E-state index contributed by atoms with van der Waals surface area (Å²) in [5.41, 5.74) is 10.7. The van der Waals surface area contributed by atoms with E-state index in [2.05, 4.69) is 19.9 Å². The summed E-state index contributed by atoms with van der Waals surface area (Å²) in [6, 6.07) is -0.428. The van der Waals surface area contributed by atoms with Gasteiger partial charge in [-0.15, -0.1) is 9.05 Å². The zero-order valence-electron chi connectivity index (χ0n) is 19.3. The number of nitrogen functional groups attached to an aromatic ring is 1. The predicted octanol–water partition coefficient (Wildman–Crippen LogP) is 0.0674. The van der Waals surface area contributed by atoms with Gasteiger partial charge in [0.2, 0.25) is 5.95 Å². The average molecular weight is 510 g/mol. The van der Waals surface area contributed by atoms with Crippen LogP contribution in [0.15, 0.2) is 16.1 Å². The molecule has 14 nitrogen and oxygen atoms in total. The number of aliphatic imine (C=N–C) groups is 1. The third-order valence-electron chi connectivity index (χ3n) is 7.33. The number of imidazole rings is 1. The van der Waals surface area contributed by atoms with Crippen molar-refractivity contribution in [2.45, 2.75) is 50.3 Å². The van der Waals surface area contributed by atoms with Crippen LogP contribution >= 0.6 is 8.25 Å². The van der Waals surface area contributed by atoms with Gasteiger partial charge in [0.05, 0.1) is 31.4 Å². The zero-order chi connectivity index (χ0) is 24.9. The van der Waals surface area contributed by atoms with E-state index in [9.17, 15) is 14.5 Å². The second-order valence-corrected chi connectivity index (χ2v) is 10.3. The highest BCUT2D eigenvalue weighted by atomic mass is 31.1. The first-order chi connectivity index (χ1) is 16.8. The van der Waals surface area contributed by atoms with E-state index in [0.717, 1.165) is 6.42 Å². The largest absolute Gasteiger partial charge is 0.697 e. The first-order valence-corrected chi connectivity index (χ1v) is 12.4. The third-order valence-corrected chi connectivity index (χ3v) is 8.09. The molecule has 1 unspecified atom stereocenters. The Labute approximate surface area is 201 Å². The average Bonchev–Trinajstić information content (AvgIpc) is 3.07. The molecule has 3 heterocycles. The zero-order valence-corrected chi connectivity index (χ0v) is 20.2. The predicted molar refractivity (Wildman–Crippen MR) is 124 cm³/mol. The molecule has 15 heteroatoms. The van der Waals surface area contributed by atoms with E-state index in [1.54, 1.807) is 11.7 Å². The fraction of sp³-hybridized carbons (Fsp3) is 0.700. The topological polar surface area (TPSA) is 202 Å². The van der Waals surface area contributed by atoms with Crippen molar-refractivity contribution < 1.29 is 28.2 Å². The molecule has 0 radical (unpaired) electrons. The van der Waals surface area contributed by atoms with Gasteiger partial charge in [0.15, 0.2) is 17.3 Å².